The van der Waals surface area contributed by atoms with Crippen molar-refractivity contribution in [3.05, 3.63) is 29.8 Å². The molecule has 2 aliphatic heterocycles. The number of likely N-dealkylation sites (tertiary alicyclic amines) is 1. The number of carbonyl (C=O) groups is 4. The molecule has 3 unspecified atom stereocenters. The van der Waals surface area contributed by atoms with Gasteiger partial charge < -0.3 is 25.4 Å². The Morgan fingerprint density at radius 3 is 2.41 bits per heavy atom. The van der Waals surface area contributed by atoms with Crippen molar-refractivity contribution in [1.82, 2.24) is 20.9 Å². The van der Waals surface area contributed by atoms with Gasteiger partial charge in [0.25, 0.3) is 5.92 Å². The van der Waals surface area contributed by atoms with Crippen LogP contribution in [-0.4, -0.2) is 91.9 Å². The van der Waals surface area contributed by atoms with Gasteiger partial charge in [-0.25, -0.2) is 8.78 Å². The Hall–Kier alpha value is -3.12. The Kier molecular flexibility index (Phi) is 9.19. The van der Waals surface area contributed by atoms with Crippen LogP contribution in [0.25, 0.3) is 0 Å². The van der Waals surface area contributed by atoms with E-state index in [0.717, 1.165) is 5.56 Å². The van der Waals surface area contributed by atoms with E-state index in [1.807, 2.05) is 0 Å². The number of Topliss-reactive ketones (excluding diaryl/α,β-unsaturated/α-hetero) is 1. The second kappa shape index (κ2) is 12.0. The van der Waals surface area contributed by atoms with Crippen molar-refractivity contribution in [3.63, 3.8) is 0 Å². The maximum absolute atomic E-state index is 13.6. The number of rotatable bonds is 12. The van der Waals surface area contributed by atoms with Crippen LogP contribution in [0.3, 0.4) is 0 Å². The quantitative estimate of drug-likeness (QED) is 0.338. The first-order chi connectivity index (χ1) is 17.4. The van der Waals surface area contributed by atoms with E-state index < -0.39 is 47.9 Å². The summed E-state index contributed by atoms with van der Waals surface area (Å²) in [4.78, 5) is 51.7. The Bertz CT molecular complexity index is 999. The van der Waals surface area contributed by atoms with Crippen LogP contribution in [0.15, 0.2) is 24.3 Å². The molecule has 0 radical (unpaired) electrons. The summed E-state index contributed by atoms with van der Waals surface area (Å²) in [6.45, 7) is 2.72. The van der Waals surface area contributed by atoms with Crippen molar-refractivity contribution in [2.24, 2.45) is 0 Å². The number of hydrogen-bond acceptors (Lipinski definition) is 7. The van der Waals surface area contributed by atoms with Gasteiger partial charge in [0.15, 0.2) is 5.78 Å². The summed E-state index contributed by atoms with van der Waals surface area (Å²) in [5.74, 6) is -4.27. The number of benzene rings is 1. The molecule has 1 aromatic carbocycles. The topological polar surface area (TPSA) is 129 Å². The van der Waals surface area contributed by atoms with Crippen LogP contribution in [0.4, 0.5) is 8.78 Å². The molecule has 3 amide bonds. The Balaban J connectivity index is 1.58. The summed E-state index contributed by atoms with van der Waals surface area (Å²) in [7, 11) is 1.53. The molecule has 3 rings (SSSR count). The minimum atomic E-state index is -2.84. The number of hydrogen-bond donors (Lipinski definition) is 3. The van der Waals surface area contributed by atoms with Crippen LogP contribution in [0.5, 0.6) is 5.75 Å². The summed E-state index contributed by atoms with van der Waals surface area (Å²) < 4.78 is 37.5. The number of epoxide rings is 1. The SMILES string of the molecule is COc1ccc(CC(NC(=O)C(C)NC(=O)CN2CCCC(F)(F)C2)C(=O)NCC(=O)C2(C)CO2)cc1. The summed E-state index contributed by atoms with van der Waals surface area (Å²) >= 11 is 0. The third-order valence-electron chi connectivity index (χ3n) is 6.43. The maximum atomic E-state index is 13.6. The lowest BCUT2D eigenvalue weighted by molar-refractivity contribution is -0.133. The van der Waals surface area contributed by atoms with E-state index >= 15 is 0 Å². The normalized spacial score (nSPS) is 22.3. The monoisotopic (exact) mass is 524 g/mol. The zero-order chi connectivity index (χ0) is 27.2. The minimum absolute atomic E-state index is 0.118. The van der Waals surface area contributed by atoms with E-state index in [2.05, 4.69) is 16.0 Å². The average Bonchev–Trinajstić information content (AvgIpc) is 3.60. The molecule has 204 valence electrons. The lowest BCUT2D eigenvalue weighted by Gasteiger charge is -2.32. The molecule has 12 heteroatoms. The highest BCUT2D eigenvalue weighted by Gasteiger charge is 2.46. The molecule has 2 saturated heterocycles. The number of amides is 3. The molecule has 3 N–H and O–H groups in total. The molecule has 0 saturated carbocycles. The molecule has 37 heavy (non-hydrogen) atoms. The van der Waals surface area contributed by atoms with Crippen molar-refractivity contribution in [2.45, 2.75) is 56.7 Å². The van der Waals surface area contributed by atoms with Gasteiger partial charge in [-0.05, 0) is 44.5 Å². The van der Waals surface area contributed by atoms with Gasteiger partial charge in [-0.2, -0.15) is 0 Å². The molecule has 2 heterocycles. The number of piperidine rings is 1. The molecular weight excluding hydrogens is 490 g/mol. The number of ketones is 1. The second-order valence-electron chi connectivity index (χ2n) is 9.73. The first-order valence-electron chi connectivity index (χ1n) is 12.2. The highest BCUT2D eigenvalue weighted by atomic mass is 19.3. The van der Waals surface area contributed by atoms with Crippen LogP contribution in [-0.2, 0) is 30.3 Å². The predicted octanol–water partition coefficient (Wildman–Crippen LogP) is 0.433. The van der Waals surface area contributed by atoms with Gasteiger partial charge in [0, 0.05) is 12.8 Å². The highest BCUT2D eigenvalue weighted by molar-refractivity contribution is 5.96. The van der Waals surface area contributed by atoms with Crippen molar-refractivity contribution in [2.75, 3.05) is 39.9 Å². The first kappa shape index (κ1) is 28.5. The molecule has 0 aromatic heterocycles. The standard InChI is InChI=1S/C25H34F2N4O6/c1-16(29-21(33)13-31-10-4-9-25(26,27)14-31)22(34)30-19(11-17-5-7-18(36-3)8-6-17)23(35)28-12-20(32)24(2)15-37-24/h5-8,16,19H,4,9-15H2,1-3H3,(H,28,35)(H,29,33)(H,30,34). The predicted molar refractivity (Wildman–Crippen MR) is 129 cm³/mol. The van der Waals surface area contributed by atoms with Gasteiger partial charge in [-0.1, -0.05) is 12.1 Å². The fourth-order valence-corrected chi connectivity index (χ4v) is 3.99. The van der Waals surface area contributed by atoms with Crippen LogP contribution < -0.4 is 20.7 Å². The molecule has 2 aliphatic rings. The fraction of sp³-hybridized carbons (Fsp3) is 0.600. The third-order valence-corrected chi connectivity index (χ3v) is 6.43. The molecular formula is C25H34F2N4O6. The summed E-state index contributed by atoms with van der Waals surface area (Å²) in [5.41, 5.74) is -0.160. The number of alkyl halides is 2. The highest BCUT2D eigenvalue weighted by Crippen LogP contribution is 2.27. The van der Waals surface area contributed by atoms with Gasteiger partial charge in [-0.15, -0.1) is 0 Å². The molecule has 3 atom stereocenters. The van der Waals surface area contributed by atoms with Crippen molar-refractivity contribution in [1.29, 1.82) is 0 Å². The number of carbonyl (C=O) groups excluding carboxylic acids is 4. The van der Waals surface area contributed by atoms with Gasteiger partial charge in [0.05, 0.1) is 33.4 Å². The molecule has 2 fully saturated rings. The van der Waals surface area contributed by atoms with E-state index in [4.69, 9.17) is 9.47 Å². The van der Waals surface area contributed by atoms with E-state index in [1.165, 1.54) is 18.9 Å². The van der Waals surface area contributed by atoms with Crippen molar-refractivity contribution in [3.8, 4) is 5.75 Å². The second-order valence-corrected chi connectivity index (χ2v) is 9.73. The van der Waals surface area contributed by atoms with E-state index in [1.54, 1.807) is 31.2 Å². The van der Waals surface area contributed by atoms with E-state index in [-0.39, 0.29) is 38.1 Å². The average molecular weight is 525 g/mol. The number of ether oxygens (including phenoxy) is 2. The summed E-state index contributed by atoms with van der Waals surface area (Å²) in [6.07, 6.45) is 0.193. The third kappa shape index (κ3) is 8.46. The van der Waals surface area contributed by atoms with Crippen LogP contribution in [0.2, 0.25) is 0 Å². The number of halogens is 2. The van der Waals surface area contributed by atoms with Crippen molar-refractivity contribution >= 4 is 23.5 Å². The summed E-state index contributed by atoms with van der Waals surface area (Å²) in [6, 6.07) is 4.86. The maximum Gasteiger partial charge on any atom is 0.260 e. The zero-order valence-electron chi connectivity index (χ0n) is 21.3. The smallest absolute Gasteiger partial charge is 0.260 e. The van der Waals surface area contributed by atoms with Gasteiger partial charge in [0.2, 0.25) is 17.7 Å². The molecule has 1 aromatic rings. The fourth-order valence-electron chi connectivity index (χ4n) is 3.99. The van der Waals surface area contributed by atoms with Crippen LogP contribution in [0, 0.1) is 0 Å². The molecule has 10 nitrogen and oxygen atoms in total. The van der Waals surface area contributed by atoms with E-state index in [9.17, 15) is 28.0 Å². The molecule has 0 aliphatic carbocycles. The summed E-state index contributed by atoms with van der Waals surface area (Å²) in [5, 5.41) is 7.67. The number of methoxy groups -OCH3 is 1. The Morgan fingerprint density at radius 2 is 1.81 bits per heavy atom. The van der Waals surface area contributed by atoms with E-state index in [0.29, 0.717) is 18.9 Å². The minimum Gasteiger partial charge on any atom is -0.497 e. The van der Waals surface area contributed by atoms with Gasteiger partial charge in [0.1, 0.15) is 23.4 Å². The largest absolute Gasteiger partial charge is 0.497 e. The first-order valence-corrected chi connectivity index (χ1v) is 12.2. The van der Waals surface area contributed by atoms with Crippen molar-refractivity contribution < 1.29 is 37.4 Å². The zero-order valence-corrected chi connectivity index (χ0v) is 21.3. The van der Waals surface area contributed by atoms with Crippen LogP contribution >= 0.6 is 0 Å². The van der Waals surface area contributed by atoms with Gasteiger partial charge in [-0.3, -0.25) is 24.1 Å². The lowest BCUT2D eigenvalue weighted by atomic mass is 10.0. The van der Waals surface area contributed by atoms with Gasteiger partial charge >= 0.3 is 0 Å². The Morgan fingerprint density at radius 1 is 1.14 bits per heavy atom. The molecule has 0 spiro atoms. The number of nitrogens with one attached hydrogen (secondary N) is 3. The lowest BCUT2D eigenvalue weighted by Crippen LogP contribution is -2.55. The molecule has 0 bridgehead atoms. The number of nitrogens with zero attached hydrogens (tertiary/aromatic N) is 1. The van der Waals surface area contributed by atoms with Crippen LogP contribution in [0.1, 0.15) is 32.3 Å². The Labute approximate surface area is 214 Å².